The summed E-state index contributed by atoms with van der Waals surface area (Å²) in [6.45, 7) is 7.08. The van der Waals surface area contributed by atoms with E-state index >= 15 is 0 Å². The highest BCUT2D eigenvalue weighted by molar-refractivity contribution is 5.90. The Morgan fingerprint density at radius 3 is 2.19 bits per heavy atom. The molecule has 0 aliphatic carbocycles. The number of nitrogens with zero attached hydrogens (tertiary/aromatic N) is 4. The van der Waals surface area contributed by atoms with Gasteiger partial charge in [-0.2, -0.15) is 0 Å². The highest BCUT2D eigenvalue weighted by Crippen LogP contribution is 2.37. The Balaban J connectivity index is 1.57. The monoisotopic (exact) mass is 436 g/mol. The zero-order chi connectivity index (χ0) is 21.8. The molecule has 0 spiro atoms. The zero-order valence-electron chi connectivity index (χ0n) is 17.6. The molecular weight excluding hydrogens is 411 g/mol. The van der Waals surface area contributed by atoms with E-state index in [1.807, 2.05) is 12.1 Å². The molecular formula is C23H25FN6O2. The van der Waals surface area contributed by atoms with E-state index in [-0.39, 0.29) is 11.4 Å². The maximum atomic E-state index is 13.8. The normalized spacial score (nSPS) is 20.5. The Morgan fingerprint density at radius 2 is 1.53 bits per heavy atom. The highest BCUT2D eigenvalue weighted by Gasteiger charge is 2.32. The third kappa shape index (κ3) is 3.00. The second-order valence-corrected chi connectivity index (χ2v) is 8.55. The molecule has 3 aromatic rings. The average Bonchev–Trinajstić information content (AvgIpc) is 3.11. The molecule has 32 heavy (non-hydrogen) atoms. The van der Waals surface area contributed by atoms with Gasteiger partial charge in [0.05, 0.1) is 28.0 Å². The number of piperazine rings is 2. The van der Waals surface area contributed by atoms with Crippen LogP contribution < -0.4 is 26.0 Å². The third-order valence-electron chi connectivity index (χ3n) is 6.68. The predicted molar refractivity (Wildman–Crippen MR) is 122 cm³/mol. The summed E-state index contributed by atoms with van der Waals surface area (Å²) in [6, 6.07) is 8.05. The Bertz CT molecular complexity index is 1260. The Hall–Kier alpha value is -3.01. The van der Waals surface area contributed by atoms with Crippen LogP contribution in [-0.4, -0.2) is 67.0 Å². The van der Waals surface area contributed by atoms with Gasteiger partial charge in [-0.3, -0.25) is 9.36 Å². The Labute approximate surface area is 184 Å². The highest BCUT2D eigenvalue weighted by atomic mass is 19.1. The molecule has 2 fully saturated rings. The molecule has 6 rings (SSSR count). The first-order valence-corrected chi connectivity index (χ1v) is 11.1. The quantitative estimate of drug-likeness (QED) is 0.546. The topological polar surface area (TPSA) is 85.7 Å². The number of rotatable bonds is 2. The van der Waals surface area contributed by atoms with Crippen LogP contribution in [0.25, 0.3) is 16.6 Å². The second kappa shape index (κ2) is 7.54. The van der Waals surface area contributed by atoms with Gasteiger partial charge in [-0.1, -0.05) is 0 Å². The van der Waals surface area contributed by atoms with E-state index in [0.29, 0.717) is 22.2 Å². The van der Waals surface area contributed by atoms with E-state index < -0.39 is 11.9 Å². The fourth-order valence-corrected chi connectivity index (χ4v) is 5.05. The lowest BCUT2D eigenvalue weighted by atomic mass is 10.1. The van der Waals surface area contributed by atoms with Gasteiger partial charge >= 0.3 is 0 Å². The smallest absolute Gasteiger partial charge is 0.266 e. The molecule has 2 aromatic carbocycles. The molecule has 0 amide bonds. The summed E-state index contributed by atoms with van der Waals surface area (Å²) in [5, 5.41) is 18.1. The number of hydrogen-bond acceptors (Lipinski definition) is 7. The Morgan fingerprint density at radius 1 is 0.906 bits per heavy atom. The van der Waals surface area contributed by atoms with Crippen molar-refractivity contribution in [2.45, 2.75) is 6.10 Å². The van der Waals surface area contributed by atoms with Crippen molar-refractivity contribution in [1.82, 2.24) is 20.2 Å². The van der Waals surface area contributed by atoms with Gasteiger partial charge in [-0.25, -0.2) is 9.37 Å². The number of halogens is 1. The van der Waals surface area contributed by atoms with Crippen LogP contribution in [0.15, 0.2) is 35.1 Å². The molecule has 3 N–H and O–H groups in total. The summed E-state index contributed by atoms with van der Waals surface area (Å²) < 4.78 is 15.2. The lowest BCUT2D eigenvalue weighted by Gasteiger charge is -2.36. The van der Waals surface area contributed by atoms with Crippen LogP contribution in [0.2, 0.25) is 0 Å². The number of nitrogens with one attached hydrogen (secondary N) is 2. The first-order valence-electron chi connectivity index (χ1n) is 11.1. The van der Waals surface area contributed by atoms with Crippen LogP contribution in [0.1, 0.15) is 17.5 Å². The summed E-state index contributed by atoms with van der Waals surface area (Å²) in [4.78, 5) is 23.0. The van der Waals surface area contributed by atoms with E-state index in [2.05, 4.69) is 20.4 Å². The van der Waals surface area contributed by atoms with E-state index in [1.165, 1.54) is 22.8 Å². The van der Waals surface area contributed by atoms with Crippen molar-refractivity contribution >= 4 is 22.3 Å². The SMILES string of the molecule is O=c1c2cc(N3CCNCC3)c(N3CCNCC3)cc2nc2n1-c1ccc(F)cc1C2O. The van der Waals surface area contributed by atoms with Crippen molar-refractivity contribution in [3.05, 3.63) is 57.9 Å². The number of aliphatic hydroxyl groups is 1. The second-order valence-electron chi connectivity index (χ2n) is 8.55. The van der Waals surface area contributed by atoms with Crippen molar-refractivity contribution in [3.8, 4) is 5.69 Å². The number of fused-ring (bicyclic) bond motifs is 4. The molecule has 1 aromatic heterocycles. The van der Waals surface area contributed by atoms with Crippen LogP contribution >= 0.6 is 0 Å². The number of hydrogen-bond donors (Lipinski definition) is 3. The molecule has 0 saturated carbocycles. The van der Waals surface area contributed by atoms with Crippen LogP contribution in [0, 0.1) is 5.82 Å². The van der Waals surface area contributed by atoms with Crippen molar-refractivity contribution in [1.29, 1.82) is 0 Å². The van der Waals surface area contributed by atoms with E-state index in [0.717, 1.165) is 63.7 Å². The standard InChI is InChI=1S/C23H25FN6O2/c24-14-1-2-18-16(11-14)21(31)22-27-17-13-20(29-9-5-26-6-10-29)19(28-7-3-25-4-8-28)12-15(17)23(32)30(18)22/h1-2,11-13,21,25-26,31H,3-10H2. The van der Waals surface area contributed by atoms with E-state index in [4.69, 9.17) is 4.98 Å². The maximum absolute atomic E-state index is 13.8. The predicted octanol–water partition coefficient (Wildman–Crippen LogP) is 0.739. The summed E-state index contributed by atoms with van der Waals surface area (Å²) in [5.41, 5.74) is 3.28. The van der Waals surface area contributed by atoms with Gasteiger partial charge in [0.25, 0.3) is 5.56 Å². The number of aromatic nitrogens is 2. The minimum absolute atomic E-state index is 0.238. The van der Waals surface area contributed by atoms with Gasteiger partial charge in [0.1, 0.15) is 11.9 Å². The molecule has 3 aliphatic heterocycles. The summed E-state index contributed by atoms with van der Waals surface area (Å²) >= 11 is 0. The van der Waals surface area contributed by atoms with Gasteiger partial charge in [0, 0.05) is 57.9 Å². The number of aliphatic hydroxyl groups excluding tert-OH is 1. The van der Waals surface area contributed by atoms with Crippen LogP contribution in [0.5, 0.6) is 0 Å². The van der Waals surface area contributed by atoms with Crippen molar-refractivity contribution < 1.29 is 9.50 Å². The van der Waals surface area contributed by atoms with Gasteiger partial charge in [0.15, 0.2) is 5.82 Å². The van der Waals surface area contributed by atoms with Crippen LogP contribution in [0.4, 0.5) is 15.8 Å². The number of benzene rings is 2. The molecule has 2 saturated heterocycles. The molecule has 8 nitrogen and oxygen atoms in total. The average molecular weight is 436 g/mol. The van der Waals surface area contributed by atoms with Crippen molar-refractivity contribution in [2.75, 3.05) is 62.2 Å². The van der Waals surface area contributed by atoms with E-state index in [1.54, 1.807) is 0 Å². The fraction of sp³-hybridized carbons (Fsp3) is 0.391. The lowest BCUT2D eigenvalue weighted by molar-refractivity contribution is 0.215. The molecule has 3 aliphatic rings. The first-order chi connectivity index (χ1) is 15.6. The van der Waals surface area contributed by atoms with Crippen molar-refractivity contribution in [3.63, 3.8) is 0 Å². The lowest BCUT2D eigenvalue weighted by Crippen LogP contribution is -2.46. The number of anilines is 2. The first kappa shape index (κ1) is 19.7. The van der Waals surface area contributed by atoms with Crippen molar-refractivity contribution in [2.24, 2.45) is 0 Å². The molecule has 1 atom stereocenters. The molecule has 4 heterocycles. The molecule has 9 heteroatoms. The van der Waals surface area contributed by atoms with Crippen LogP contribution in [-0.2, 0) is 0 Å². The largest absolute Gasteiger partial charge is 0.380 e. The molecule has 0 bridgehead atoms. The summed E-state index contributed by atoms with van der Waals surface area (Å²) in [5.74, 6) is -0.209. The van der Waals surface area contributed by atoms with E-state index in [9.17, 15) is 14.3 Å². The molecule has 0 radical (unpaired) electrons. The van der Waals surface area contributed by atoms with Gasteiger partial charge in [-0.15, -0.1) is 0 Å². The van der Waals surface area contributed by atoms with Gasteiger partial charge in [-0.05, 0) is 30.3 Å². The summed E-state index contributed by atoms with van der Waals surface area (Å²) in [7, 11) is 0. The Kier molecular flexibility index (Phi) is 4.63. The fourth-order valence-electron chi connectivity index (χ4n) is 5.05. The molecule has 1 unspecified atom stereocenters. The maximum Gasteiger partial charge on any atom is 0.266 e. The third-order valence-corrected chi connectivity index (χ3v) is 6.68. The minimum Gasteiger partial charge on any atom is -0.380 e. The van der Waals surface area contributed by atoms with Crippen LogP contribution in [0.3, 0.4) is 0 Å². The van der Waals surface area contributed by atoms with Gasteiger partial charge < -0.3 is 25.5 Å². The minimum atomic E-state index is -1.13. The zero-order valence-corrected chi connectivity index (χ0v) is 17.6. The summed E-state index contributed by atoms with van der Waals surface area (Å²) in [6.07, 6.45) is -1.13. The molecule has 166 valence electrons. The van der Waals surface area contributed by atoms with Gasteiger partial charge in [0.2, 0.25) is 0 Å².